The fraction of sp³-hybridized carbons (Fsp3) is 0.276. The zero-order chi connectivity index (χ0) is 24.1. The molecule has 34 heavy (non-hydrogen) atoms. The van der Waals surface area contributed by atoms with Crippen LogP contribution in [-0.2, 0) is 25.5 Å². The van der Waals surface area contributed by atoms with Crippen LogP contribution in [0.1, 0.15) is 59.7 Å². The average molecular weight is 457 g/mol. The Morgan fingerprint density at radius 1 is 0.853 bits per heavy atom. The topological polar surface area (TPSA) is 69.7 Å². The van der Waals surface area contributed by atoms with Gasteiger partial charge >= 0.3 is 17.9 Å². The highest BCUT2D eigenvalue weighted by atomic mass is 16.6. The van der Waals surface area contributed by atoms with Crippen molar-refractivity contribution < 1.29 is 23.9 Å². The second kappa shape index (κ2) is 10.5. The first-order chi connectivity index (χ1) is 16.4. The highest BCUT2D eigenvalue weighted by Crippen LogP contribution is 2.39. The summed E-state index contributed by atoms with van der Waals surface area (Å²) in [5, 5.41) is 0. The molecule has 1 unspecified atom stereocenters. The number of carbonyl (C=O) groups excluding carboxylic acids is 3. The quantitative estimate of drug-likeness (QED) is 0.251. The Kier molecular flexibility index (Phi) is 7.21. The molecule has 0 aliphatic heterocycles. The van der Waals surface area contributed by atoms with Crippen LogP contribution in [-0.4, -0.2) is 24.5 Å². The molecule has 3 aromatic rings. The minimum Gasteiger partial charge on any atom is -0.462 e. The molecule has 5 nitrogen and oxygen atoms in total. The van der Waals surface area contributed by atoms with Gasteiger partial charge in [0, 0.05) is 6.42 Å². The summed E-state index contributed by atoms with van der Waals surface area (Å²) in [7, 11) is 0. The number of ether oxygens (including phenoxy) is 2. The first kappa shape index (κ1) is 23.4. The molecule has 0 bridgehead atoms. The molecule has 3 aromatic carbocycles. The Bertz CT molecular complexity index is 1200. The molecule has 1 atom stereocenters. The van der Waals surface area contributed by atoms with E-state index in [1.807, 2.05) is 74.5 Å². The minimum absolute atomic E-state index is 0.0250. The van der Waals surface area contributed by atoms with Gasteiger partial charge < -0.3 is 9.47 Å². The van der Waals surface area contributed by atoms with Crippen molar-refractivity contribution in [3.8, 4) is 11.1 Å². The van der Waals surface area contributed by atoms with E-state index in [1.165, 1.54) is 5.56 Å². The minimum atomic E-state index is -0.702. The highest BCUT2D eigenvalue weighted by molar-refractivity contribution is 6.00. The molecule has 4 rings (SSSR count). The fourth-order valence-electron chi connectivity index (χ4n) is 4.37. The maximum Gasteiger partial charge on any atom is 0.338 e. The number of fused-ring (bicyclic) bond motifs is 3. The van der Waals surface area contributed by atoms with Gasteiger partial charge in [0.25, 0.3) is 0 Å². The summed E-state index contributed by atoms with van der Waals surface area (Å²) in [6.45, 7) is 3.80. The molecule has 0 N–H and O–H groups in total. The van der Waals surface area contributed by atoms with Crippen molar-refractivity contribution in [2.24, 2.45) is 5.92 Å². The Morgan fingerprint density at radius 3 is 2.32 bits per heavy atom. The van der Waals surface area contributed by atoms with Crippen LogP contribution in [0, 0.1) is 5.92 Å². The van der Waals surface area contributed by atoms with Crippen molar-refractivity contribution >= 4 is 17.9 Å². The molecular formula is C29H28O5. The third-order valence-electron chi connectivity index (χ3n) is 5.95. The first-order valence-electron chi connectivity index (χ1n) is 11.6. The van der Waals surface area contributed by atoms with Crippen LogP contribution in [0.15, 0.2) is 72.8 Å². The summed E-state index contributed by atoms with van der Waals surface area (Å²) < 4.78 is 10.7. The lowest BCUT2D eigenvalue weighted by Gasteiger charge is -2.16. The first-order valence-corrected chi connectivity index (χ1v) is 11.6. The van der Waals surface area contributed by atoms with Gasteiger partial charge in [-0.3, -0.25) is 9.59 Å². The molecule has 0 amide bonds. The molecule has 0 radical (unpaired) electrons. The van der Waals surface area contributed by atoms with Crippen molar-refractivity contribution in [3.63, 3.8) is 0 Å². The van der Waals surface area contributed by atoms with Crippen LogP contribution >= 0.6 is 0 Å². The van der Waals surface area contributed by atoms with Crippen molar-refractivity contribution in [2.45, 2.75) is 39.0 Å². The Hall–Kier alpha value is -3.73. The van der Waals surface area contributed by atoms with Gasteiger partial charge in [0.05, 0.1) is 18.1 Å². The molecule has 1 aliphatic carbocycles. The molecule has 0 heterocycles. The van der Waals surface area contributed by atoms with Gasteiger partial charge in [0.1, 0.15) is 0 Å². The molecule has 0 saturated heterocycles. The second-order valence-electron chi connectivity index (χ2n) is 8.95. The van der Waals surface area contributed by atoms with Gasteiger partial charge in [-0.05, 0) is 52.6 Å². The van der Waals surface area contributed by atoms with E-state index in [0.717, 1.165) is 28.7 Å². The van der Waals surface area contributed by atoms with E-state index < -0.39 is 23.8 Å². The van der Waals surface area contributed by atoms with E-state index in [2.05, 4.69) is 6.07 Å². The van der Waals surface area contributed by atoms with Crippen LogP contribution in [0.2, 0.25) is 0 Å². The fourth-order valence-corrected chi connectivity index (χ4v) is 4.37. The number of rotatable bonds is 8. The second-order valence-corrected chi connectivity index (χ2v) is 8.95. The monoisotopic (exact) mass is 456 g/mol. The average Bonchev–Trinajstić information content (AvgIpc) is 3.20. The molecule has 174 valence electrons. The van der Waals surface area contributed by atoms with E-state index in [9.17, 15) is 14.4 Å². The number of hydrogen-bond donors (Lipinski definition) is 0. The van der Waals surface area contributed by atoms with Gasteiger partial charge in [0.2, 0.25) is 0 Å². The van der Waals surface area contributed by atoms with Gasteiger partial charge in [0.15, 0.2) is 0 Å². The van der Waals surface area contributed by atoms with E-state index in [4.69, 9.17) is 9.47 Å². The third kappa shape index (κ3) is 5.25. The van der Waals surface area contributed by atoms with E-state index in [1.54, 1.807) is 6.07 Å². The maximum atomic E-state index is 13.0. The lowest BCUT2D eigenvalue weighted by molar-refractivity contribution is -0.161. The van der Waals surface area contributed by atoms with Crippen molar-refractivity contribution in [3.05, 3.63) is 95.1 Å². The van der Waals surface area contributed by atoms with Gasteiger partial charge in [-0.25, -0.2) is 4.79 Å². The maximum absolute atomic E-state index is 13.0. The van der Waals surface area contributed by atoms with Gasteiger partial charge in [-0.15, -0.1) is 0 Å². The molecular weight excluding hydrogens is 428 g/mol. The van der Waals surface area contributed by atoms with E-state index in [-0.39, 0.29) is 25.4 Å². The largest absolute Gasteiger partial charge is 0.462 e. The summed E-state index contributed by atoms with van der Waals surface area (Å²) in [6.07, 6.45) is 1.18. The number of carbonyl (C=O) groups is 3. The van der Waals surface area contributed by atoms with Crippen molar-refractivity contribution in [1.82, 2.24) is 0 Å². The Morgan fingerprint density at radius 2 is 1.56 bits per heavy atom. The number of benzene rings is 3. The van der Waals surface area contributed by atoms with Crippen LogP contribution in [0.5, 0.6) is 0 Å². The van der Waals surface area contributed by atoms with Crippen LogP contribution in [0.4, 0.5) is 0 Å². The van der Waals surface area contributed by atoms with Gasteiger partial charge in [-0.2, -0.15) is 0 Å². The lowest BCUT2D eigenvalue weighted by atomic mass is 9.96. The number of esters is 3. The van der Waals surface area contributed by atoms with E-state index in [0.29, 0.717) is 5.56 Å². The number of hydrogen-bond acceptors (Lipinski definition) is 5. The van der Waals surface area contributed by atoms with Gasteiger partial charge in [-0.1, -0.05) is 80.6 Å². The molecule has 0 saturated carbocycles. The normalized spacial score (nSPS) is 12.6. The predicted molar refractivity (Wildman–Crippen MR) is 129 cm³/mol. The molecule has 0 fully saturated rings. The SMILES string of the molecule is CC(C)CC(=O)OC(=O)C(CCOC(=O)c1cccc2c1-c1ccccc1C2)c1ccccc1. The standard InChI is InChI=1S/C29H28O5/c1-19(2)17-26(30)34-29(32)24(20-9-4-3-5-10-20)15-16-33-28(31)25-14-8-12-22-18-21-11-6-7-13-23(21)27(22)25/h3-14,19,24H,15-18H2,1-2H3. The van der Waals surface area contributed by atoms with Crippen molar-refractivity contribution in [2.75, 3.05) is 6.61 Å². The Labute approximate surface area is 199 Å². The van der Waals surface area contributed by atoms with E-state index >= 15 is 0 Å². The lowest BCUT2D eigenvalue weighted by Crippen LogP contribution is -2.22. The van der Waals surface area contributed by atoms with Crippen LogP contribution in [0.25, 0.3) is 11.1 Å². The Balaban J connectivity index is 1.46. The smallest absolute Gasteiger partial charge is 0.338 e. The van der Waals surface area contributed by atoms with Crippen LogP contribution < -0.4 is 0 Å². The van der Waals surface area contributed by atoms with Crippen LogP contribution in [0.3, 0.4) is 0 Å². The predicted octanol–water partition coefficient (Wildman–Crippen LogP) is 5.70. The highest BCUT2D eigenvalue weighted by Gasteiger charge is 2.27. The molecule has 0 spiro atoms. The molecule has 0 aromatic heterocycles. The van der Waals surface area contributed by atoms with Crippen molar-refractivity contribution in [1.29, 1.82) is 0 Å². The third-order valence-corrected chi connectivity index (χ3v) is 5.95. The zero-order valence-electron chi connectivity index (χ0n) is 19.5. The summed E-state index contributed by atoms with van der Waals surface area (Å²) in [4.78, 5) is 37.8. The summed E-state index contributed by atoms with van der Waals surface area (Å²) in [5.41, 5.74) is 5.51. The zero-order valence-corrected chi connectivity index (χ0v) is 19.5. The summed E-state index contributed by atoms with van der Waals surface area (Å²) >= 11 is 0. The molecule has 1 aliphatic rings. The summed E-state index contributed by atoms with van der Waals surface area (Å²) in [6, 6.07) is 22.8. The summed E-state index contributed by atoms with van der Waals surface area (Å²) in [5.74, 6) is -2.20. The molecule has 5 heteroatoms.